The van der Waals surface area contributed by atoms with Gasteiger partial charge in [-0.3, -0.25) is 4.79 Å². The lowest BCUT2D eigenvalue weighted by Crippen LogP contribution is -2.27. The molecule has 0 radical (unpaired) electrons. The first kappa shape index (κ1) is 20.2. The summed E-state index contributed by atoms with van der Waals surface area (Å²) in [7, 11) is 3.11. The fourth-order valence-electron chi connectivity index (χ4n) is 3.43. The molecule has 1 atom stereocenters. The monoisotopic (exact) mass is 472 g/mol. The van der Waals surface area contributed by atoms with Crippen molar-refractivity contribution in [1.29, 1.82) is 0 Å². The number of ether oxygens (including phenoxy) is 2. The molecular formula is C22H18BrFN2O4. The fourth-order valence-corrected chi connectivity index (χ4v) is 3.73. The Hall–Kier alpha value is -3.13. The Kier molecular flexibility index (Phi) is 5.59. The first-order valence-electron chi connectivity index (χ1n) is 9.15. The molecule has 0 spiro atoms. The second-order valence-electron chi connectivity index (χ2n) is 6.61. The molecule has 0 saturated heterocycles. The summed E-state index contributed by atoms with van der Waals surface area (Å²) in [4.78, 5) is 13.1. The van der Waals surface area contributed by atoms with E-state index in [1.54, 1.807) is 56.7 Å². The maximum Gasteiger partial charge on any atom is 0.310 e. The van der Waals surface area contributed by atoms with Gasteiger partial charge in [-0.25, -0.2) is 9.40 Å². The molecule has 3 aromatic rings. The minimum absolute atomic E-state index is 0.106. The molecule has 0 unspecified atom stereocenters. The van der Waals surface area contributed by atoms with Gasteiger partial charge in [-0.05, 0) is 46.3 Å². The summed E-state index contributed by atoms with van der Waals surface area (Å²) in [5.74, 6) is 0.425. The number of amides is 1. The molecule has 6 nitrogen and oxygen atoms in total. The van der Waals surface area contributed by atoms with E-state index >= 15 is 0 Å². The third-order valence-electron chi connectivity index (χ3n) is 4.89. The average molecular weight is 473 g/mol. The molecular weight excluding hydrogens is 455 g/mol. The third-order valence-corrected chi connectivity index (χ3v) is 5.31. The van der Waals surface area contributed by atoms with Crippen LogP contribution >= 0.6 is 15.9 Å². The normalized spacial score (nSPS) is 15.8. The van der Waals surface area contributed by atoms with Crippen LogP contribution in [0.2, 0.25) is 0 Å². The Balaban J connectivity index is 1.78. The van der Waals surface area contributed by atoms with Gasteiger partial charge >= 0.3 is 5.91 Å². The lowest BCUT2D eigenvalue weighted by atomic mass is 9.97. The zero-order valence-corrected chi connectivity index (χ0v) is 17.8. The molecule has 1 aromatic heterocycles. The zero-order chi connectivity index (χ0) is 21.3. The summed E-state index contributed by atoms with van der Waals surface area (Å²) in [6.07, 6.45) is 0.317. The molecule has 0 N–H and O–H groups in total. The van der Waals surface area contributed by atoms with Crippen LogP contribution in [0.5, 0.6) is 11.5 Å². The molecule has 0 saturated carbocycles. The van der Waals surface area contributed by atoms with Crippen LogP contribution in [0, 0.1) is 5.82 Å². The highest BCUT2D eigenvalue weighted by Crippen LogP contribution is 2.38. The van der Waals surface area contributed by atoms with Crippen molar-refractivity contribution in [3.05, 3.63) is 82.0 Å². The van der Waals surface area contributed by atoms with Crippen molar-refractivity contribution in [2.45, 2.75) is 12.5 Å². The standard InChI is InChI=1S/C22H18BrFN2O4/c1-28-13-7-8-15(20(11-13)29-2)17-12-18(14-5-3-4-6-16(14)24)26(25-17)22(27)19-9-10-21(23)30-19/h3-11,18H,12H2,1-2H3/t18-/m1/s1. The summed E-state index contributed by atoms with van der Waals surface area (Å²) in [5.41, 5.74) is 1.68. The minimum atomic E-state index is -0.621. The van der Waals surface area contributed by atoms with Gasteiger partial charge in [-0.15, -0.1) is 0 Å². The van der Waals surface area contributed by atoms with Crippen molar-refractivity contribution in [1.82, 2.24) is 5.01 Å². The van der Waals surface area contributed by atoms with Gasteiger partial charge in [0.2, 0.25) is 0 Å². The summed E-state index contributed by atoms with van der Waals surface area (Å²) < 4.78 is 31.2. The van der Waals surface area contributed by atoms with Crippen LogP contribution in [0.1, 0.15) is 34.1 Å². The number of benzene rings is 2. The molecule has 0 aliphatic carbocycles. The zero-order valence-electron chi connectivity index (χ0n) is 16.3. The Morgan fingerprint density at radius 1 is 1.17 bits per heavy atom. The number of hydrazone groups is 1. The van der Waals surface area contributed by atoms with Gasteiger partial charge in [0.05, 0.1) is 26.0 Å². The molecule has 2 aromatic carbocycles. The van der Waals surface area contributed by atoms with Gasteiger partial charge in [-0.2, -0.15) is 5.10 Å². The number of furan rings is 1. The van der Waals surface area contributed by atoms with E-state index in [4.69, 9.17) is 13.9 Å². The summed E-state index contributed by atoms with van der Waals surface area (Å²) in [6.45, 7) is 0. The molecule has 154 valence electrons. The molecule has 1 aliphatic rings. The Bertz CT molecular complexity index is 1130. The van der Waals surface area contributed by atoms with Crippen LogP contribution in [0.25, 0.3) is 0 Å². The molecule has 30 heavy (non-hydrogen) atoms. The molecule has 1 amide bonds. The van der Waals surface area contributed by atoms with E-state index in [1.165, 1.54) is 11.1 Å². The number of nitrogens with zero attached hydrogens (tertiary/aromatic N) is 2. The van der Waals surface area contributed by atoms with Crippen LogP contribution < -0.4 is 9.47 Å². The van der Waals surface area contributed by atoms with Crippen LogP contribution in [-0.2, 0) is 0 Å². The van der Waals surface area contributed by atoms with E-state index in [-0.39, 0.29) is 5.76 Å². The molecule has 4 rings (SSSR count). The number of carbonyl (C=O) groups excluding carboxylic acids is 1. The van der Waals surface area contributed by atoms with Crippen LogP contribution in [0.15, 0.2) is 68.8 Å². The summed E-state index contributed by atoms with van der Waals surface area (Å²) in [5, 5.41) is 5.81. The van der Waals surface area contributed by atoms with Gasteiger partial charge < -0.3 is 13.9 Å². The number of carbonyl (C=O) groups is 1. The summed E-state index contributed by atoms with van der Waals surface area (Å²) >= 11 is 3.20. The number of methoxy groups -OCH3 is 2. The predicted octanol–water partition coefficient (Wildman–Crippen LogP) is 5.19. The van der Waals surface area contributed by atoms with Gasteiger partial charge in [-0.1, -0.05) is 18.2 Å². The van der Waals surface area contributed by atoms with Crippen molar-refractivity contribution in [3.8, 4) is 11.5 Å². The second kappa shape index (κ2) is 8.31. The number of halogens is 2. The minimum Gasteiger partial charge on any atom is -0.497 e. The van der Waals surface area contributed by atoms with E-state index in [1.807, 2.05) is 6.07 Å². The van der Waals surface area contributed by atoms with Crippen molar-refractivity contribution >= 4 is 27.5 Å². The van der Waals surface area contributed by atoms with Crippen LogP contribution in [-0.4, -0.2) is 30.8 Å². The smallest absolute Gasteiger partial charge is 0.310 e. The van der Waals surface area contributed by atoms with Crippen molar-refractivity contribution in [2.75, 3.05) is 14.2 Å². The highest BCUT2D eigenvalue weighted by atomic mass is 79.9. The van der Waals surface area contributed by atoms with E-state index in [9.17, 15) is 9.18 Å². The maximum absolute atomic E-state index is 14.6. The lowest BCUT2D eigenvalue weighted by molar-refractivity contribution is 0.0674. The van der Waals surface area contributed by atoms with Gasteiger partial charge in [0.25, 0.3) is 0 Å². The van der Waals surface area contributed by atoms with Crippen LogP contribution in [0.3, 0.4) is 0 Å². The van der Waals surface area contributed by atoms with E-state index in [2.05, 4.69) is 21.0 Å². The largest absolute Gasteiger partial charge is 0.497 e. The molecule has 1 aliphatic heterocycles. The SMILES string of the molecule is COc1ccc(C2=NN(C(=O)c3ccc(Br)o3)[C@@H](c3ccccc3F)C2)c(OC)c1. The van der Waals surface area contributed by atoms with Gasteiger partial charge in [0.15, 0.2) is 10.4 Å². The fraction of sp³-hybridized carbons (Fsp3) is 0.182. The topological polar surface area (TPSA) is 64.3 Å². The number of hydrogen-bond donors (Lipinski definition) is 0. The Labute approximate surface area is 181 Å². The van der Waals surface area contributed by atoms with Gasteiger partial charge in [0, 0.05) is 23.6 Å². The van der Waals surface area contributed by atoms with Crippen molar-refractivity contribution < 1.29 is 23.1 Å². The number of hydrogen-bond acceptors (Lipinski definition) is 5. The number of rotatable bonds is 5. The van der Waals surface area contributed by atoms with E-state index in [0.29, 0.717) is 39.4 Å². The van der Waals surface area contributed by atoms with Crippen molar-refractivity contribution in [3.63, 3.8) is 0 Å². The third kappa shape index (κ3) is 3.70. The van der Waals surface area contributed by atoms with Gasteiger partial charge in [0.1, 0.15) is 17.3 Å². The maximum atomic E-state index is 14.6. The van der Waals surface area contributed by atoms with Crippen LogP contribution in [0.4, 0.5) is 4.39 Å². The molecule has 2 heterocycles. The van der Waals surface area contributed by atoms with Crippen molar-refractivity contribution in [2.24, 2.45) is 5.10 Å². The molecule has 0 bridgehead atoms. The second-order valence-corrected chi connectivity index (χ2v) is 7.39. The highest BCUT2D eigenvalue weighted by molar-refractivity contribution is 9.10. The van der Waals surface area contributed by atoms with E-state index < -0.39 is 17.8 Å². The van der Waals surface area contributed by atoms with E-state index in [0.717, 1.165) is 0 Å². The lowest BCUT2D eigenvalue weighted by Gasteiger charge is -2.21. The first-order valence-corrected chi connectivity index (χ1v) is 9.94. The molecule has 8 heteroatoms. The Morgan fingerprint density at radius 2 is 1.97 bits per heavy atom. The highest BCUT2D eigenvalue weighted by Gasteiger charge is 2.37. The molecule has 0 fully saturated rings. The average Bonchev–Trinajstić information content (AvgIpc) is 3.40. The first-order chi connectivity index (χ1) is 14.5. The Morgan fingerprint density at radius 3 is 2.63 bits per heavy atom. The quantitative estimate of drug-likeness (QED) is 0.512. The summed E-state index contributed by atoms with van der Waals surface area (Å²) in [6, 6.07) is 14.3. The predicted molar refractivity (Wildman–Crippen MR) is 112 cm³/mol.